The second kappa shape index (κ2) is 7.43. The SMILES string of the molecule is C[NH+]1CCN(c2ccccc2NC(=O)c2ccc(Cl)cc2Cl)CC1. The number of likely N-dealkylation sites (N-methyl/N-ethyl adjacent to an activating group) is 1. The number of carbonyl (C=O) groups excluding carboxylic acids is 1. The molecule has 1 heterocycles. The number of rotatable bonds is 3. The molecule has 126 valence electrons. The van der Waals surface area contributed by atoms with Crippen LogP contribution in [-0.2, 0) is 0 Å². The Morgan fingerprint density at radius 2 is 1.83 bits per heavy atom. The van der Waals surface area contributed by atoms with E-state index in [4.69, 9.17) is 23.2 Å². The Morgan fingerprint density at radius 1 is 1.12 bits per heavy atom. The van der Waals surface area contributed by atoms with E-state index < -0.39 is 0 Å². The zero-order chi connectivity index (χ0) is 17.1. The number of nitrogens with zero attached hydrogens (tertiary/aromatic N) is 1. The van der Waals surface area contributed by atoms with Crippen molar-refractivity contribution in [1.82, 2.24) is 0 Å². The number of hydrogen-bond acceptors (Lipinski definition) is 2. The number of para-hydroxylation sites is 2. The Balaban J connectivity index is 1.81. The lowest BCUT2D eigenvalue weighted by molar-refractivity contribution is -0.880. The molecule has 24 heavy (non-hydrogen) atoms. The van der Waals surface area contributed by atoms with Crippen LogP contribution < -0.4 is 15.1 Å². The largest absolute Gasteiger partial charge is 0.359 e. The van der Waals surface area contributed by atoms with Gasteiger partial charge >= 0.3 is 0 Å². The Morgan fingerprint density at radius 3 is 2.54 bits per heavy atom. The van der Waals surface area contributed by atoms with Crippen LogP contribution >= 0.6 is 23.2 Å². The van der Waals surface area contributed by atoms with Gasteiger partial charge in [-0.25, -0.2) is 0 Å². The van der Waals surface area contributed by atoms with Crippen molar-refractivity contribution in [3.05, 3.63) is 58.1 Å². The first-order chi connectivity index (χ1) is 11.5. The van der Waals surface area contributed by atoms with Gasteiger partial charge in [-0.05, 0) is 30.3 Å². The third-order valence-corrected chi connectivity index (χ3v) is 4.83. The van der Waals surface area contributed by atoms with Crippen LogP contribution in [0.25, 0.3) is 0 Å². The fourth-order valence-electron chi connectivity index (χ4n) is 2.85. The molecule has 0 spiro atoms. The third kappa shape index (κ3) is 3.83. The topological polar surface area (TPSA) is 36.8 Å². The highest BCUT2D eigenvalue weighted by atomic mass is 35.5. The predicted octanol–water partition coefficient (Wildman–Crippen LogP) is 2.58. The summed E-state index contributed by atoms with van der Waals surface area (Å²) in [6.07, 6.45) is 0. The Labute approximate surface area is 152 Å². The summed E-state index contributed by atoms with van der Waals surface area (Å²) in [5, 5.41) is 3.84. The molecule has 1 aliphatic heterocycles. The molecule has 2 aromatic rings. The normalized spacial score (nSPS) is 15.4. The average Bonchev–Trinajstić information content (AvgIpc) is 2.56. The van der Waals surface area contributed by atoms with Gasteiger partial charge in [-0.1, -0.05) is 35.3 Å². The highest BCUT2D eigenvalue weighted by Gasteiger charge is 2.20. The van der Waals surface area contributed by atoms with E-state index >= 15 is 0 Å². The third-order valence-electron chi connectivity index (χ3n) is 4.29. The van der Waals surface area contributed by atoms with Crippen molar-refractivity contribution in [2.75, 3.05) is 43.4 Å². The summed E-state index contributed by atoms with van der Waals surface area (Å²) in [6, 6.07) is 12.8. The molecule has 0 aromatic heterocycles. The highest BCUT2D eigenvalue weighted by Crippen LogP contribution is 2.27. The Kier molecular flexibility index (Phi) is 5.29. The molecule has 0 unspecified atom stereocenters. The minimum Gasteiger partial charge on any atom is -0.359 e. The zero-order valence-electron chi connectivity index (χ0n) is 13.5. The van der Waals surface area contributed by atoms with E-state index in [0.717, 1.165) is 37.6 Å². The molecule has 4 nitrogen and oxygen atoms in total. The molecule has 2 aromatic carbocycles. The number of carbonyl (C=O) groups is 1. The smallest absolute Gasteiger partial charge is 0.257 e. The molecule has 2 N–H and O–H groups in total. The van der Waals surface area contributed by atoms with Crippen molar-refractivity contribution < 1.29 is 9.69 Å². The summed E-state index contributed by atoms with van der Waals surface area (Å²) in [4.78, 5) is 16.4. The second-order valence-electron chi connectivity index (χ2n) is 6.04. The quantitative estimate of drug-likeness (QED) is 0.877. The molecule has 1 fully saturated rings. The molecular weight excluding hydrogens is 345 g/mol. The fourth-order valence-corrected chi connectivity index (χ4v) is 3.34. The molecule has 0 saturated carbocycles. The molecule has 1 saturated heterocycles. The number of benzene rings is 2. The number of hydrogen-bond donors (Lipinski definition) is 2. The number of anilines is 2. The van der Waals surface area contributed by atoms with Gasteiger partial charge in [-0.2, -0.15) is 0 Å². The monoisotopic (exact) mass is 364 g/mol. The zero-order valence-corrected chi connectivity index (χ0v) is 15.0. The molecule has 0 bridgehead atoms. The van der Waals surface area contributed by atoms with Gasteiger partial charge in [0, 0.05) is 5.02 Å². The molecular formula is C18H20Cl2N3O+. The van der Waals surface area contributed by atoms with Crippen LogP contribution in [0.4, 0.5) is 11.4 Å². The summed E-state index contributed by atoms with van der Waals surface area (Å²) in [5.74, 6) is -0.233. The van der Waals surface area contributed by atoms with Crippen LogP contribution in [0.5, 0.6) is 0 Å². The lowest BCUT2D eigenvalue weighted by Gasteiger charge is -2.33. The molecule has 0 atom stereocenters. The average molecular weight is 365 g/mol. The number of amides is 1. The summed E-state index contributed by atoms with van der Waals surface area (Å²) in [7, 11) is 2.20. The van der Waals surface area contributed by atoms with E-state index in [1.807, 2.05) is 24.3 Å². The summed E-state index contributed by atoms with van der Waals surface area (Å²) in [5.41, 5.74) is 2.26. The van der Waals surface area contributed by atoms with Gasteiger partial charge in [0.1, 0.15) is 0 Å². The lowest BCUT2D eigenvalue weighted by atomic mass is 10.1. The Hall–Kier alpha value is -1.75. The maximum absolute atomic E-state index is 12.6. The fraction of sp³-hybridized carbons (Fsp3) is 0.278. The van der Waals surface area contributed by atoms with Gasteiger partial charge < -0.3 is 15.1 Å². The van der Waals surface area contributed by atoms with Gasteiger partial charge in [-0.15, -0.1) is 0 Å². The van der Waals surface area contributed by atoms with E-state index in [2.05, 4.69) is 17.3 Å². The lowest BCUT2D eigenvalue weighted by Crippen LogP contribution is -3.12. The maximum Gasteiger partial charge on any atom is 0.257 e. The van der Waals surface area contributed by atoms with Gasteiger partial charge in [0.05, 0.1) is 55.2 Å². The molecule has 6 heteroatoms. The van der Waals surface area contributed by atoms with E-state index in [0.29, 0.717) is 15.6 Å². The van der Waals surface area contributed by atoms with Crippen molar-refractivity contribution in [3.8, 4) is 0 Å². The van der Waals surface area contributed by atoms with Crippen LogP contribution in [0.1, 0.15) is 10.4 Å². The molecule has 1 aliphatic rings. The van der Waals surface area contributed by atoms with Crippen LogP contribution in [-0.4, -0.2) is 39.1 Å². The first-order valence-corrected chi connectivity index (χ1v) is 8.72. The molecule has 1 amide bonds. The summed E-state index contributed by atoms with van der Waals surface area (Å²) < 4.78 is 0. The van der Waals surface area contributed by atoms with Gasteiger partial charge in [0.15, 0.2) is 0 Å². The number of nitrogens with one attached hydrogen (secondary N) is 2. The van der Waals surface area contributed by atoms with E-state index in [1.165, 1.54) is 4.90 Å². The first-order valence-electron chi connectivity index (χ1n) is 7.96. The van der Waals surface area contributed by atoms with Gasteiger partial charge in [-0.3, -0.25) is 4.79 Å². The summed E-state index contributed by atoms with van der Waals surface area (Å²) >= 11 is 12.0. The molecule has 0 radical (unpaired) electrons. The van der Waals surface area contributed by atoms with Crippen LogP contribution in [0.2, 0.25) is 10.0 Å². The first kappa shape index (κ1) is 17.1. The molecule has 0 aliphatic carbocycles. The standard InChI is InChI=1S/C18H19Cl2N3O/c1-22-8-10-23(11-9-22)17-5-3-2-4-16(17)21-18(24)14-7-6-13(19)12-15(14)20/h2-7,12H,8-11H2,1H3,(H,21,24)/p+1. The van der Waals surface area contributed by atoms with E-state index in [1.54, 1.807) is 18.2 Å². The number of quaternary nitrogens is 1. The minimum absolute atomic E-state index is 0.233. The Bertz CT molecular complexity index is 743. The summed E-state index contributed by atoms with van der Waals surface area (Å²) in [6.45, 7) is 4.12. The minimum atomic E-state index is -0.233. The van der Waals surface area contributed by atoms with Crippen molar-refractivity contribution >= 4 is 40.5 Å². The predicted molar refractivity (Wildman–Crippen MR) is 99.7 cm³/mol. The highest BCUT2D eigenvalue weighted by molar-refractivity contribution is 6.37. The van der Waals surface area contributed by atoms with Gasteiger partial charge in [0.2, 0.25) is 0 Å². The van der Waals surface area contributed by atoms with Crippen molar-refractivity contribution in [1.29, 1.82) is 0 Å². The molecule has 3 rings (SSSR count). The van der Waals surface area contributed by atoms with E-state index in [9.17, 15) is 4.79 Å². The number of piperazine rings is 1. The van der Waals surface area contributed by atoms with Crippen molar-refractivity contribution in [2.45, 2.75) is 0 Å². The van der Waals surface area contributed by atoms with Crippen molar-refractivity contribution in [2.24, 2.45) is 0 Å². The van der Waals surface area contributed by atoms with Crippen LogP contribution in [0, 0.1) is 0 Å². The van der Waals surface area contributed by atoms with Crippen molar-refractivity contribution in [3.63, 3.8) is 0 Å². The van der Waals surface area contributed by atoms with Gasteiger partial charge in [0.25, 0.3) is 5.91 Å². The maximum atomic E-state index is 12.6. The van der Waals surface area contributed by atoms with Crippen LogP contribution in [0.15, 0.2) is 42.5 Å². The van der Waals surface area contributed by atoms with Crippen LogP contribution in [0.3, 0.4) is 0 Å². The second-order valence-corrected chi connectivity index (χ2v) is 6.88. The number of halogens is 2. The van der Waals surface area contributed by atoms with E-state index in [-0.39, 0.29) is 5.91 Å².